The van der Waals surface area contributed by atoms with Crippen LogP contribution in [0.4, 0.5) is 4.79 Å². The molecular formula is C42H59N7O10. The number of carbonyl (C=O) groups excluding carboxylic acids is 7. The number of hydrogen-bond acceptors (Lipinski definition) is 12. The number of aromatic nitrogens is 4. The molecule has 0 saturated carbocycles. The Hall–Kier alpha value is -5.35. The Morgan fingerprint density at radius 2 is 1.68 bits per heavy atom. The summed E-state index contributed by atoms with van der Waals surface area (Å²) < 4.78 is 5.94. The highest BCUT2D eigenvalue weighted by molar-refractivity contribution is 6.38. The second kappa shape index (κ2) is 22.1. The third-order valence-corrected chi connectivity index (χ3v) is 11.2. The summed E-state index contributed by atoms with van der Waals surface area (Å²) in [5.74, 6) is -6.49. The van der Waals surface area contributed by atoms with E-state index in [9.17, 15) is 38.4 Å². The Labute approximate surface area is 344 Å². The number of ketones is 4. The second-order valence-corrected chi connectivity index (χ2v) is 16.4. The van der Waals surface area contributed by atoms with E-state index < -0.39 is 90.0 Å². The number of likely N-dealkylation sites (tertiary alicyclic amines) is 1. The van der Waals surface area contributed by atoms with Crippen molar-refractivity contribution >= 4 is 47.0 Å². The van der Waals surface area contributed by atoms with Crippen LogP contribution in [-0.4, -0.2) is 114 Å². The zero-order valence-electron chi connectivity index (χ0n) is 34.8. The monoisotopic (exact) mass is 821 g/mol. The van der Waals surface area contributed by atoms with E-state index in [-0.39, 0.29) is 50.4 Å². The number of nitrogens with zero attached hydrogens (tertiary/aromatic N) is 5. The number of amides is 3. The number of rotatable bonds is 23. The molecule has 3 heterocycles. The number of aliphatic carboxylic acids is 1. The van der Waals surface area contributed by atoms with Gasteiger partial charge in [0.15, 0.2) is 17.4 Å². The number of Topliss-reactive ketones (excluding diaryl/α,β-unsaturated/α-hetero) is 4. The number of nitrogens with one attached hydrogen (secondary N) is 2. The molecule has 3 amide bonds. The molecule has 0 spiro atoms. The summed E-state index contributed by atoms with van der Waals surface area (Å²) in [4.78, 5) is 109. The van der Waals surface area contributed by atoms with Crippen LogP contribution in [0, 0.1) is 23.7 Å². The van der Waals surface area contributed by atoms with E-state index in [2.05, 4.69) is 25.9 Å². The minimum Gasteiger partial charge on any atom is -0.481 e. The minimum absolute atomic E-state index is 0.0213. The van der Waals surface area contributed by atoms with Crippen molar-refractivity contribution in [3.63, 3.8) is 0 Å². The molecule has 0 aliphatic carbocycles. The lowest BCUT2D eigenvalue weighted by molar-refractivity contribution is -0.144. The number of benzene rings is 1. The summed E-state index contributed by atoms with van der Waals surface area (Å²) in [5, 5.41) is 25.7. The van der Waals surface area contributed by atoms with Crippen molar-refractivity contribution < 1.29 is 48.2 Å². The predicted octanol–water partition coefficient (Wildman–Crippen LogP) is 3.83. The molecule has 1 aromatic carbocycles. The van der Waals surface area contributed by atoms with Crippen LogP contribution in [0.5, 0.6) is 0 Å². The Morgan fingerprint density at radius 1 is 0.949 bits per heavy atom. The van der Waals surface area contributed by atoms with Crippen LogP contribution in [0.3, 0.4) is 0 Å². The second-order valence-electron chi connectivity index (χ2n) is 16.4. The van der Waals surface area contributed by atoms with E-state index in [1.54, 1.807) is 25.7 Å². The van der Waals surface area contributed by atoms with Gasteiger partial charge < -0.3 is 25.0 Å². The highest BCUT2D eigenvalue weighted by Gasteiger charge is 2.45. The number of ether oxygens (including phenoxy) is 1. The van der Waals surface area contributed by atoms with Gasteiger partial charge in [0.05, 0.1) is 19.0 Å². The van der Waals surface area contributed by atoms with E-state index >= 15 is 0 Å². The van der Waals surface area contributed by atoms with Gasteiger partial charge in [-0.15, -0.1) is 10.2 Å². The van der Waals surface area contributed by atoms with Gasteiger partial charge in [0, 0.05) is 63.5 Å². The maximum atomic E-state index is 14.5. The van der Waals surface area contributed by atoms with Crippen LogP contribution in [0.15, 0.2) is 24.3 Å². The number of aryl methyl sites for hydroxylation is 1. The van der Waals surface area contributed by atoms with Gasteiger partial charge >= 0.3 is 12.1 Å². The van der Waals surface area contributed by atoms with Crippen molar-refractivity contribution in [1.82, 2.24) is 35.7 Å². The molecule has 1 unspecified atom stereocenters. The first-order chi connectivity index (χ1) is 28.1. The average Bonchev–Trinajstić information content (AvgIpc) is 3.89. The third-order valence-electron chi connectivity index (χ3n) is 11.2. The van der Waals surface area contributed by atoms with E-state index in [0.29, 0.717) is 51.0 Å². The van der Waals surface area contributed by atoms with Gasteiger partial charge in [0.25, 0.3) is 0 Å². The lowest BCUT2D eigenvalue weighted by atomic mass is 9.87. The Morgan fingerprint density at radius 3 is 2.32 bits per heavy atom. The first-order valence-corrected chi connectivity index (χ1v) is 20.8. The number of unbranched alkanes of at least 4 members (excludes halogenated alkanes) is 1. The van der Waals surface area contributed by atoms with Crippen molar-refractivity contribution in [1.29, 1.82) is 0 Å². The number of fused-ring (bicyclic) bond motifs is 1. The summed E-state index contributed by atoms with van der Waals surface area (Å²) in [6.07, 6.45) is 0.400. The molecule has 1 saturated heterocycles. The molecule has 0 radical (unpaired) electrons. The fraction of sp³-hybridized carbons (Fsp3) is 0.643. The van der Waals surface area contributed by atoms with Crippen LogP contribution in [0.25, 0.3) is 0 Å². The van der Waals surface area contributed by atoms with Crippen LogP contribution in [0.1, 0.15) is 116 Å². The van der Waals surface area contributed by atoms with Gasteiger partial charge in [-0.25, -0.2) is 4.79 Å². The lowest BCUT2D eigenvalue weighted by Crippen LogP contribution is -2.55. The number of carbonyl (C=O) groups is 8. The first kappa shape index (κ1) is 46.3. The number of H-pyrrole nitrogens is 1. The van der Waals surface area contributed by atoms with Crippen molar-refractivity contribution in [2.75, 3.05) is 13.1 Å². The standard InChI is InChI=1S/C42H59N7O10/c1-6-11-28(39(55)34(51)16-17-37(53)54)20-35(52)33-22-31(59-42(58)48-19-18-27-12-7-8-13-29(27)23-48)24-49(33)41(57)38(26(4)5)43-40(56)32(25(2)3)21-30(50)14-9-10-15-36-44-46-47-45-36/h7-8,12-13,25-26,28,31-33,38H,6,9-11,14-24H2,1-5H3,(H,43,56)(H,53,54)(H,44,45,46,47)/t28?,31-,32-,33+,38+/m1/s1. The largest absolute Gasteiger partial charge is 0.481 e. The van der Waals surface area contributed by atoms with Gasteiger partial charge in [-0.3, -0.25) is 33.6 Å². The molecule has 17 nitrogen and oxygen atoms in total. The normalized spacial score (nSPS) is 17.9. The molecule has 59 heavy (non-hydrogen) atoms. The van der Waals surface area contributed by atoms with Crippen LogP contribution in [0.2, 0.25) is 0 Å². The van der Waals surface area contributed by atoms with E-state index in [1.165, 1.54) is 4.90 Å². The summed E-state index contributed by atoms with van der Waals surface area (Å²) in [6.45, 7) is 9.56. The van der Waals surface area contributed by atoms with Crippen molar-refractivity contribution in [3.05, 3.63) is 41.2 Å². The molecule has 2 aliphatic heterocycles. The lowest BCUT2D eigenvalue weighted by Gasteiger charge is -2.32. The van der Waals surface area contributed by atoms with Gasteiger partial charge in [-0.1, -0.05) is 70.5 Å². The van der Waals surface area contributed by atoms with E-state index in [1.807, 2.05) is 38.1 Å². The molecular weight excluding hydrogens is 763 g/mol. The van der Waals surface area contributed by atoms with Crippen molar-refractivity contribution in [3.8, 4) is 0 Å². The Bertz CT molecular complexity index is 1810. The van der Waals surface area contributed by atoms with Crippen LogP contribution in [-0.2, 0) is 57.7 Å². The highest BCUT2D eigenvalue weighted by atomic mass is 16.6. The molecule has 2 aliphatic rings. The molecule has 2 aromatic rings. The van der Waals surface area contributed by atoms with Gasteiger partial charge in [0.1, 0.15) is 17.9 Å². The topological polar surface area (TPSA) is 239 Å². The summed E-state index contributed by atoms with van der Waals surface area (Å²) in [5.41, 5.74) is 2.13. The molecule has 4 rings (SSSR count). The number of aromatic amines is 1. The molecule has 0 bridgehead atoms. The van der Waals surface area contributed by atoms with Gasteiger partial charge in [-0.2, -0.15) is 5.21 Å². The van der Waals surface area contributed by atoms with E-state index in [0.717, 1.165) is 11.1 Å². The predicted molar refractivity (Wildman–Crippen MR) is 212 cm³/mol. The zero-order valence-corrected chi connectivity index (χ0v) is 34.8. The van der Waals surface area contributed by atoms with Gasteiger partial charge in [-0.05, 0) is 48.6 Å². The summed E-state index contributed by atoms with van der Waals surface area (Å²) in [7, 11) is 0. The van der Waals surface area contributed by atoms with Crippen molar-refractivity contribution in [2.24, 2.45) is 23.7 Å². The molecule has 1 aromatic heterocycles. The number of tetrazole rings is 1. The quantitative estimate of drug-likeness (QED) is 0.107. The Balaban J connectivity index is 1.50. The highest BCUT2D eigenvalue weighted by Crippen LogP contribution is 2.29. The molecule has 17 heteroatoms. The maximum absolute atomic E-state index is 14.5. The minimum atomic E-state index is -1.23. The molecule has 322 valence electrons. The van der Waals surface area contributed by atoms with Crippen LogP contribution >= 0.6 is 0 Å². The number of carboxylic acids is 1. The fourth-order valence-corrected chi connectivity index (χ4v) is 7.75. The van der Waals surface area contributed by atoms with E-state index in [4.69, 9.17) is 9.84 Å². The van der Waals surface area contributed by atoms with Crippen LogP contribution < -0.4 is 5.32 Å². The molecule has 1 fully saturated rings. The SMILES string of the molecule is CCCC(CC(=O)[C@@H]1C[C@@H](OC(=O)N2CCc3ccccc3C2)CN1C(=O)[C@@H](NC(=O)[C@H](CC(=O)CCCCc1nn[nH]n1)C(C)C)C(C)C)C(=O)C(=O)CCC(=O)O. The van der Waals surface area contributed by atoms with Gasteiger partial charge in [0.2, 0.25) is 17.6 Å². The maximum Gasteiger partial charge on any atom is 0.410 e. The summed E-state index contributed by atoms with van der Waals surface area (Å²) >= 11 is 0. The smallest absolute Gasteiger partial charge is 0.410 e. The first-order valence-electron chi connectivity index (χ1n) is 20.8. The van der Waals surface area contributed by atoms with Crippen molar-refractivity contribution in [2.45, 2.75) is 136 Å². The molecule has 3 N–H and O–H groups in total. The number of carboxylic acid groups (broad SMARTS) is 1. The fourth-order valence-electron chi connectivity index (χ4n) is 7.75. The zero-order chi connectivity index (χ0) is 43.2. The average molecular weight is 822 g/mol. The summed E-state index contributed by atoms with van der Waals surface area (Å²) in [6, 6.07) is 5.54. The molecule has 5 atom stereocenters. The third kappa shape index (κ3) is 13.3. The number of hydrogen-bond donors (Lipinski definition) is 3. The Kier molecular flexibility index (Phi) is 17.4.